The van der Waals surface area contributed by atoms with Crippen LogP contribution in [0.25, 0.3) is 10.8 Å². The highest BCUT2D eigenvalue weighted by molar-refractivity contribution is 7.19. The fraction of sp³-hybridized carbons (Fsp3) is 0. The molecule has 0 fully saturated rings. The summed E-state index contributed by atoms with van der Waals surface area (Å²) in [5.74, 6) is 0. The van der Waals surface area contributed by atoms with Gasteiger partial charge in [-0.3, -0.25) is 0 Å². The second-order valence-corrected chi connectivity index (χ2v) is 4.78. The average Bonchev–Trinajstić information content (AvgIpc) is 2.75. The third kappa shape index (κ3) is 1.94. The van der Waals surface area contributed by atoms with Gasteiger partial charge in [0.15, 0.2) is 5.13 Å². The molecule has 84 valence electrons. The monoisotopic (exact) mass is 241 g/mol. The molecule has 1 aromatic heterocycles. The molecule has 0 amide bonds. The number of benzene rings is 2. The van der Waals surface area contributed by atoms with E-state index in [2.05, 4.69) is 28.5 Å². The molecule has 3 aromatic rings. The number of fused-ring (bicyclic) bond motifs is 1. The first kappa shape index (κ1) is 10.1. The van der Waals surface area contributed by atoms with Gasteiger partial charge in [-0.15, -0.1) is 0 Å². The lowest BCUT2D eigenvalue weighted by atomic mass is 10.1. The van der Waals surface area contributed by atoms with Gasteiger partial charge >= 0.3 is 0 Å². The first-order valence-electron chi connectivity index (χ1n) is 5.29. The fourth-order valence-electron chi connectivity index (χ4n) is 1.79. The van der Waals surface area contributed by atoms with Crippen LogP contribution in [0.5, 0.6) is 0 Å². The van der Waals surface area contributed by atoms with Crippen molar-refractivity contribution in [2.75, 3.05) is 11.1 Å². The van der Waals surface area contributed by atoms with Gasteiger partial charge in [-0.25, -0.2) is 4.98 Å². The van der Waals surface area contributed by atoms with Crippen molar-refractivity contribution in [1.82, 2.24) is 4.98 Å². The Labute approximate surface area is 103 Å². The second kappa shape index (κ2) is 4.07. The molecule has 0 spiro atoms. The predicted molar refractivity (Wildman–Crippen MR) is 73.8 cm³/mol. The number of hydrogen-bond donors (Lipinski definition) is 2. The molecule has 1 heterocycles. The van der Waals surface area contributed by atoms with Gasteiger partial charge < -0.3 is 11.1 Å². The van der Waals surface area contributed by atoms with Gasteiger partial charge in [-0.05, 0) is 11.5 Å². The van der Waals surface area contributed by atoms with Crippen LogP contribution in [-0.2, 0) is 0 Å². The Morgan fingerprint density at radius 1 is 1.06 bits per heavy atom. The highest BCUT2D eigenvalue weighted by atomic mass is 32.1. The first-order chi connectivity index (χ1) is 8.33. The van der Waals surface area contributed by atoms with Crippen molar-refractivity contribution in [2.24, 2.45) is 0 Å². The molecule has 0 unspecified atom stereocenters. The number of nitrogens with one attached hydrogen (secondary N) is 1. The third-order valence-electron chi connectivity index (χ3n) is 2.55. The molecule has 0 aliphatic rings. The molecule has 4 heteroatoms. The summed E-state index contributed by atoms with van der Waals surface area (Å²) >= 11 is 1.45. The normalized spacial score (nSPS) is 10.6. The molecule has 0 atom stereocenters. The van der Waals surface area contributed by atoms with E-state index >= 15 is 0 Å². The standard InChI is InChI=1S/C13H11N3S/c14-12-8-15-13(17-12)16-11-7-3-5-9-4-1-2-6-10(9)11/h1-8H,14H2,(H,15,16). The van der Waals surface area contributed by atoms with E-state index in [-0.39, 0.29) is 0 Å². The molecular weight excluding hydrogens is 230 g/mol. The molecule has 0 aliphatic heterocycles. The summed E-state index contributed by atoms with van der Waals surface area (Å²) in [6, 6.07) is 14.4. The first-order valence-corrected chi connectivity index (χ1v) is 6.11. The summed E-state index contributed by atoms with van der Waals surface area (Å²) in [6.45, 7) is 0. The molecular formula is C13H11N3S. The van der Waals surface area contributed by atoms with E-state index in [1.165, 1.54) is 22.1 Å². The number of rotatable bonds is 2. The van der Waals surface area contributed by atoms with E-state index in [1.54, 1.807) is 6.20 Å². The van der Waals surface area contributed by atoms with Crippen LogP contribution in [0.3, 0.4) is 0 Å². The summed E-state index contributed by atoms with van der Waals surface area (Å²) in [5, 5.41) is 7.22. The zero-order valence-electron chi connectivity index (χ0n) is 9.05. The van der Waals surface area contributed by atoms with Crippen molar-refractivity contribution in [3.8, 4) is 0 Å². The minimum atomic E-state index is 0.715. The Kier molecular flexibility index (Phi) is 2.42. The Morgan fingerprint density at radius 2 is 1.88 bits per heavy atom. The van der Waals surface area contributed by atoms with Crippen molar-refractivity contribution in [3.63, 3.8) is 0 Å². The van der Waals surface area contributed by atoms with E-state index in [1.807, 2.05) is 24.3 Å². The number of aromatic nitrogens is 1. The molecule has 0 saturated heterocycles. The topological polar surface area (TPSA) is 50.9 Å². The summed E-state index contributed by atoms with van der Waals surface area (Å²) in [5.41, 5.74) is 6.71. The zero-order chi connectivity index (χ0) is 11.7. The minimum Gasteiger partial charge on any atom is -0.389 e. The van der Waals surface area contributed by atoms with Crippen molar-refractivity contribution in [1.29, 1.82) is 0 Å². The van der Waals surface area contributed by atoms with Gasteiger partial charge in [-0.2, -0.15) is 0 Å². The van der Waals surface area contributed by atoms with Crippen LogP contribution in [0, 0.1) is 0 Å². The van der Waals surface area contributed by atoms with E-state index in [9.17, 15) is 0 Å². The lowest BCUT2D eigenvalue weighted by Gasteiger charge is -2.06. The SMILES string of the molecule is Nc1cnc(Nc2cccc3ccccc23)s1. The maximum atomic E-state index is 5.66. The van der Waals surface area contributed by atoms with Crippen molar-refractivity contribution in [2.45, 2.75) is 0 Å². The van der Waals surface area contributed by atoms with Gasteiger partial charge in [0.1, 0.15) is 5.00 Å². The summed E-state index contributed by atoms with van der Waals surface area (Å²) in [7, 11) is 0. The molecule has 2 aromatic carbocycles. The van der Waals surface area contributed by atoms with Gasteiger partial charge in [0.25, 0.3) is 0 Å². The Balaban J connectivity index is 2.05. The molecule has 0 radical (unpaired) electrons. The van der Waals surface area contributed by atoms with Crippen LogP contribution in [0.2, 0.25) is 0 Å². The highest BCUT2D eigenvalue weighted by Gasteiger charge is 2.03. The van der Waals surface area contributed by atoms with Gasteiger partial charge in [0, 0.05) is 11.1 Å². The predicted octanol–water partition coefficient (Wildman–Crippen LogP) is 3.62. The fourth-order valence-corrected chi connectivity index (χ4v) is 2.39. The minimum absolute atomic E-state index is 0.715. The van der Waals surface area contributed by atoms with Crippen LogP contribution >= 0.6 is 11.3 Å². The zero-order valence-corrected chi connectivity index (χ0v) is 9.87. The molecule has 3 nitrogen and oxygen atoms in total. The van der Waals surface area contributed by atoms with Gasteiger partial charge in [0.2, 0.25) is 0 Å². The number of nitrogens with two attached hydrogens (primary N) is 1. The molecule has 0 bridgehead atoms. The van der Waals surface area contributed by atoms with Crippen molar-refractivity contribution >= 4 is 37.9 Å². The largest absolute Gasteiger partial charge is 0.389 e. The lowest BCUT2D eigenvalue weighted by molar-refractivity contribution is 1.40. The Bertz CT molecular complexity index is 655. The molecule has 17 heavy (non-hydrogen) atoms. The summed E-state index contributed by atoms with van der Waals surface area (Å²) in [6.07, 6.45) is 1.66. The van der Waals surface area contributed by atoms with Crippen LogP contribution in [0.15, 0.2) is 48.7 Å². The molecule has 0 aliphatic carbocycles. The third-order valence-corrected chi connectivity index (χ3v) is 3.30. The van der Waals surface area contributed by atoms with Gasteiger partial charge in [-0.1, -0.05) is 47.7 Å². The molecule has 3 rings (SSSR count). The Morgan fingerprint density at radius 3 is 2.71 bits per heavy atom. The van der Waals surface area contributed by atoms with Crippen LogP contribution < -0.4 is 11.1 Å². The lowest BCUT2D eigenvalue weighted by Crippen LogP contribution is -1.89. The number of nitrogens with zero attached hydrogens (tertiary/aromatic N) is 1. The van der Waals surface area contributed by atoms with E-state index in [0.29, 0.717) is 5.00 Å². The number of hydrogen-bond acceptors (Lipinski definition) is 4. The maximum absolute atomic E-state index is 5.66. The van der Waals surface area contributed by atoms with Crippen molar-refractivity contribution in [3.05, 3.63) is 48.7 Å². The quantitative estimate of drug-likeness (QED) is 0.720. The number of nitrogen functional groups attached to an aromatic ring is 1. The van der Waals surface area contributed by atoms with Gasteiger partial charge in [0.05, 0.1) is 6.20 Å². The van der Waals surface area contributed by atoms with Crippen molar-refractivity contribution < 1.29 is 0 Å². The highest BCUT2D eigenvalue weighted by Crippen LogP contribution is 2.28. The second-order valence-electron chi connectivity index (χ2n) is 3.72. The van der Waals surface area contributed by atoms with Crippen LogP contribution in [0.4, 0.5) is 15.8 Å². The summed E-state index contributed by atoms with van der Waals surface area (Å²) < 4.78 is 0. The maximum Gasteiger partial charge on any atom is 0.189 e. The number of anilines is 3. The smallest absolute Gasteiger partial charge is 0.189 e. The Hall–Kier alpha value is -2.07. The van der Waals surface area contributed by atoms with E-state index in [0.717, 1.165) is 10.8 Å². The van der Waals surface area contributed by atoms with E-state index in [4.69, 9.17) is 5.73 Å². The molecule has 3 N–H and O–H groups in total. The summed E-state index contributed by atoms with van der Waals surface area (Å²) in [4.78, 5) is 4.20. The van der Waals surface area contributed by atoms with E-state index < -0.39 is 0 Å². The number of thiazole rings is 1. The average molecular weight is 241 g/mol. The van der Waals surface area contributed by atoms with Crippen LogP contribution in [-0.4, -0.2) is 4.98 Å². The van der Waals surface area contributed by atoms with Crippen LogP contribution in [0.1, 0.15) is 0 Å². The molecule has 0 saturated carbocycles.